The van der Waals surface area contributed by atoms with Crippen molar-refractivity contribution in [2.24, 2.45) is 0 Å². The largest absolute Gasteiger partial charge is 0.473 e. The molecule has 0 N–H and O–H groups in total. The molecule has 1 aromatic heterocycles. The number of aromatic nitrogens is 2. The molecule has 2 aromatic rings. The summed E-state index contributed by atoms with van der Waals surface area (Å²) in [4.78, 5) is -0.360. The minimum absolute atomic E-state index is 0.155. The monoisotopic (exact) mass is 401 g/mol. The highest BCUT2D eigenvalue weighted by molar-refractivity contribution is 7.89. The second-order valence-electron chi connectivity index (χ2n) is 6.26. The number of hydrogen-bond donors (Lipinski definition) is 0. The van der Waals surface area contributed by atoms with E-state index in [1.807, 2.05) is 0 Å². The van der Waals surface area contributed by atoms with Gasteiger partial charge in [0.25, 0.3) is 0 Å². The van der Waals surface area contributed by atoms with Gasteiger partial charge in [0.05, 0.1) is 16.2 Å². The molecule has 0 atom stereocenters. The number of aryl methyl sites for hydroxylation is 1. The summed E-state index contributed by atoms with van der Waals surface area (Å²) in [6.07, 6.45) is -4.00. The minimum Gasteiger partial charge on any atom is -0.473 e. The molecule has 0 amide bonds. The molecule has 0 aliphatic carbocycles. The Balaban J connectivity index is 1.67. The van der Waals surface area contributed by atoms with Gasteiger partial charge in [-0.15, -0.1) is 5.10 Å². The number of hydrogen-bond acceptors (Lipinski definition) is 5. The molecule has 2 heterocycles. The van der Waals surface area contributed by atoms with Crippen LogP contribution in [0.2, 0.25) is 0 Å². The Bertz CT molecular complexity index is 894. The molecule has 10 heteroatoms. The summed E-state index contributed by atoms with van der Waals surface area (Å²) >= 11 is 0. The van der Waals surface area contributed by atoms with E-state index in [9.17, 15) is 21.6 Å². The van der Waals surface area contributed by atoms with Crippen LogP contribution >= 0.6 is 0 Å². The molecule has 0 saturated carbocycles. The van der Waals surface area contributed by atoms with E-state index in [1.165, 1.54) is 10.4 Å². The van der Waals surface area contributed by atoms with Gasteiger partial charge in [-0.1, -0.05) is 6.07 Å². The van der Waals surface area contributed by atoms with Gasteiger partial charge in [0.15, 0.2) is 0 Å². The van der Waals surface area contributed by atoms with Crippen LogP contribution in [0.15, 0.2) is 41.3 Å². The smallest absolute Gasteiger partial charge is 0.416 e. The van der Waals surface area contributed by atoms with Gasteiger partial charge in [0.2, 0.25) is 15.9 Å². The topological polar surface area (TPSA) is 72.4 Å². The SMILES string of the molecule is Cc1ccc(OC2CCN(S(=O)(=O)c3cccc(C(F)(F)F)c3)CC2)nn1. The first kappa shape index (κ1) is 19.6. The lowest BCUT2D eigenvalue weighted by molar-refractivity contribution is -0.137. The van der Waals surface area contributed by atoms with Crippen molar-refractivity contribution in [1.29, 1.82) is 0 Å². The molecular weight excluding hydrogens is 383 g/mol. The quantitative estimate of drug-likeness (QED) is 0.788. The lowest BCUT2D eigenvalue weighted by Gasteiger charge is -2.31. The Morgan fingerprint density at radius 3 is 2.41 bits per heavy atom. The summed E-state index contributed by atoms with van der Waals surface area (Å²) in [5, 5.41) is 7.80. The van der Waals surface area contributed by atoms with Crippen molar-refractivity contribution < 1.29 is 26.3 Å². The second-order valence-corrected chi connectivity index (χ2v) is 8.20. The van der Waals surface area contributed by atoms with Gasteiger partial charge in [0.1, 0.15) is 6.10 Å². The molecule has 1 aromatic carbocycles. The van der Waals surface area contributed by atoms with Crippen molar-refractivity contribution in [3.8, 4) is 5.88 Å². The van der Waals surface area contributed by atoms with Gasteiger partial charge >= 0.3 is 6.18 Å². The van der Waals surface area contributed by atoms with Crippen molar-refractivity contribution >= 4 is 10.0 Å². The molecule has 1 aliphatic rings. The second kappa shape index (κ2) is 7.43. The maximum atomic E-state index is 12.8. The van der Waals surface area contributed by atoms with Crippen LogP contribution in [0.4, 0.5) is 13.2 Å². The Kier molecular flexibility index (Phi) is 5.38. The zero-order valence-electron chi connectivity index (χ0n) is 14.5. The van der Waals surface area contributed by atoms with Crippen LogP contribution in [0, 0.1) is 6.92 Å². The Morgan fingerprint density at radius 2 is 1.81 bits per heavy atom. The maximum Gasteiger partial charge on any atom is 0.416 e. The highest BCUT2D eigenvalue weighted by atomic mass is 32.2. The number of rotatable bonds is 4. The maximum absolute atomic E-state index is 12.8. The molecule has 1 fully saturated rings. The fourth-order valence-electron chi connectivity index (χ4n) is 2.79. The van der Waals surface area contributed by atoms with Gasteiger partial charge in [-0.3, -0.25) is 0 Å². The fourth-order valence-corrected chi connectivity index (χ4v) is 4.31. The summed E-state index contributed by atoms with van der Waals surface area (Å²) in [5.74, 6) is 0.361. The van der Waals surface area contributed by atoms with Crippen molar-refractivity contribution in [2.45, 2.75) is 36.9 Å². The summed E-state index contributed by atoms with van der Waals surface area (Å²) in [6, 6.07) is 7.24. The fraction of sp³-hybridized carbons (Fsp3) is 0.412. The number of nitrogens with zero attached hydrogens (tertiary/aromatic N) is 3. The molecule has 3 rings (SSSR count). The van der Waals surface area contributed by atoms with Gasteiger partial charge in [-0.25, -0.2) is 8.42 Å². The van der Waals surface area contributed by atoms with Crippen molar-refractivity contribution in [3.05, 3.63) is 47.7 Å². The van der Waals surface area contributed by atoms with Gasteiger partial charge in [0, 0.05) is 19.2 Å². The number of benzene rings is 1. The predicted molar refractivity (Wildman–Crippen MR) is 90.6 cm³/mol. The van der Waals surface area contributed by atoms with E-state index in [2.05, 4.69) is 10.2 Å². The Hall–Kier alpha value is -2.20. The average molecular weight is 401 g/mol. The Morgan fingerprint density at radius 1 is 1.11 bits per heavy atom. The zero-order valence-corrected chi connectivity index (χ0v) is 15.3. The minimum atomic E-state index is -4.60. The van der Waals surface area contributed by atoms with E-state index in [0.29, 0.717) is 24.8 Å². The average Bonchev–Trinajstić information content (AvgIpc) is 2.63. The highest BCUT2D eigenvalue weighted by Crippen LogP contribution is 2.31. The van der Waals surface area contributed by atoms with Gasteiger partial charge < -0.3 is 4.74 Å². The first-order valence-corrected chi connectivity index (χ1v) is 9.75. The van der Waals surface area contributed by atoms with Crippen LogP contribution in [0.3, 0.4) is 0 Å². The number of ether oxygens (including phenoxy) is 1. The third-order valence-corrected chi connectivity index (χ3v) is 6.16. The van der Waals surface area contributed by atoms with E-state index < -0.39 is 21.8 Å². The number of alkyl halides is 3. The molecule has 0 radical (unpaired) electrons. The van der Waals surface area contributed by atoms with Crippen molar-refractivity contribution in [2.75, 3.05) is 13.1 Å². The molecule has 0 unspecified atom stereocenters. The number of piperidine rings is 1. The summed E-state index contributed by atoms with van der Waals surface area (Å²) in [7, 11) is -4.00. The third kappa shape index (κ3) is 4.56. The standard InChI is InChI=1S/C17H18F3N3O3S/c1-12-5-6-16(22-21-12)26-14-7-9-23(10-8-14)27(24,25)15-4-2-3-13(11-15)17(18,19)20/h2-6,11,14H,7-10H2,1H3. The number of sulfonamides is 1. The first-order valence-electron chi connectivity index (χ1n) is 8.31. The van der Waals surface area contributed by atoms with Crippen LogP contribution in [-0.2, 0) is 16.2 Å². The van der Waals surface area contributed by atoms with Gasteiger partial charge in [-0.05, 0) is 44.0 Å². The molecule has 6 nitrogen and oxygen atoms in total. The van der Waals surface area contributed by atoms with Crippen LogP contribution in [0.1, 0.15) is 24.1 Å². The summed E-state index contributed by atoms with van der Waals surface area (Å²) in [6.45, 7) is 2.11. The number of halogens is 3. The van der Waals surface area contributed by atoms with E-state index in [-0.39, 0.29) is 24.1 Å². The lowest BCUT2D eigenvalue weighted by atomic mass is 10.1. The normalized spacial score (nSPS) is 17.0. The molecule has 0 bridgehead atoms. The van der Waals surface area contributed by atoms with Gasteiger partial charge in [-0.2, -0.15) is 22.6 Å². The van der Waals surface area contributed by atoms with Crippen LogP contribution in [0.5, 0.6) is 5.88 Å². The first-order chi connectivity index (χ1) is 12.7. The molecule has 146 valence electrons. The van der Waals surface area contributed by atoms with Crippen molar-refractivity contribution in [3.63, 3.8) is 0 Å². The van der Waals surface area contributed by atoms with E-state index in [0.717, 1.165) is 17.8 Å². The molecular formula is C17H18F3N3O3S. The van der Waals surface area contributed by atoms with Crippen molar-refractivity contribution in [1.82, 2.24) is 14.5 Å². The highest BCUT2D eigenvalue weighted by Gasteiger charge is 2.34. The zero-order chi connectivity index (χ0) is 19.7. The third-order valence-electron chi connectivity index (χ3n) is 4.26. The van der Waals surface area contributed by atoms with E-state index in [1.54, 1.807) is 19.1 Å². The molecule has 1 aliphatic heterocycles. The van der Waals surface area contributed by atoms with Crippen LogP contribution < -0.4 is 4.74 Å². The Labute approximate surface area is 155 Å². The molecule has 1 saturated heterocycles. The molecule has 27 heavy (non-hydrogen) atoms. The van der Waals surface area contributed by atoms with Crippen LogP contribution in [0.25, 0.3) is 0 Å². The molecule has 0 spiro atoms. The predicted octanol–water partition coefficient (Wildman–Crippen LogP) is 3.04. The van der Waals surface area contributed by atoms with Crippen LogP contribution in [-0.4, -0.2) is 42.1 Å². The summed E-state index contributed by atoms with van der Waals surface area (Å²) < 4.78 is 70.7. The van der Waals surface area contributed by atoms with E-state index in [4.69, 9.17) is 4.74 Å². The lowest BCUT2D eigenvalue weighted by Crippen LogP contribution is -2.41. The summed E-state index contributed by atoms with van der Waals surface area (Å²) in [5.41, 5.74) is -0.232. The van der Waals surface area contributed by atoms with E-state index >= 15 is 0 Å².